The van der Waals surface area contributed by atoms with Crippen molar-refractivity contribution in [2.45, 2.75) is 63.8 Å². The van der Waals surface area contributed by atoms with E-state index in [2.05, 4.69) is 11.6 Å². The molecule has 0 saturated heterocycles. The fraction of sp³-hybridized carbons (Fsp3) is 0.600. The second kappa shape index (κ2) is 7.64. The molecule has 0 aliphatic rings. The summed E-state index contributed by atoms with van der Waals surface area (Å²) in [7, 11) is -3.52. The molecule has 0 amide bonds. The number of sulfonamides is 1. The molecule has 0 radical (unpaired) electrons. The molecule has 0 fully saturated rings. The van der Waals surface area contributed by atoms with Crippen molar-refractivity contribution in [3.8, 4) is 0 Å². The molecule has 0 bridgehead atoms. The maximum atomic E-state index is 12.3. The molecule has 0 spiro atoms. The van der Waals surface area contributed by atoms with Crippen molar-refractivity contribution in [3.05, 3.63) is 23.8 Å². The number of nitrogens with two attached hydrogens (primary N) is 1. The predicted octanol–water partition coefficient (Wildman–Crippen LogP) is 3.21. The molecule has 0 aromatic heterocycles. The molecular weight excluding hydrogens is 272 g/mol. The van der Waals surface area contributed by atoms with Crippen molar-refractivity contribution in [2.24, 2.45) is 0 Å². The van der Waals surface area contributed by atoms with E-state index in [0.29, 0.717) is 5.69 Å². The minimum atomic E-state index is -3.52. The number of hydrogen-bond acceptors (Lipinski definition) is 3. The zero-order chi connectivity index (χ0) is 15.2. The lowest BCUT2D eigenvalue weighted by molar-refractivity contribution is 0.522. The molecule has 0 aliphatic heterocycles. The zero-order valence-electron chi connectivity index (χ0n) is 12.6. The summed E-state index contributed by atoms with van der Waals surface area (Å²) in [5, 5.41) is 0. The van der Waals surface area contributed by atoms with E-state index < -0.39 is 10.0 Å². The van der Waals surface area contributed by atoms with Gasteiger partial charge in [0.1, 0.15) is 4.90 Å². The highest BCUT2D eigenvalue weighted by atomic mass is 32.2. The zero-order valence-corrected chi connectivity index (χ0v) is 13.5. The summed E-state index contributed by atoms with van der Waals surface area (Å²) in [4.78, 5) is 0.170. The van der Waals surface area contributed by atoms with Gasteiger partial charge >= 0.3 is 0 Å². The normalized spacial score (nSPS) is 13.3. The lowest BCUT2D eigenvalue weighted by Crippen LogP contribution is -2.33. The number of hydrogen-bond donors (Lipinski definition) is 2. The van der Waals surface area contributed by atoms with Gasteiger partial charge < -0.3 is 5.73 Å². The molecule has 0 aliphatic carbocycles. The molecule has 1 aromatic rings. The molecule has 3 N–H and O–H groups in total. The summed E-state index contributed by atoms with van der Waals surface area (Å²) >= 11 is 0. The second-order valence-electron chi connectivity index (χ2n) is 5.41. The summed E-state index contributed by atoms with van der Waals surface area (Å²) in [5.41, 5.74) is 7.06. The quantitative estimate of drug-likeness (QED) is 0.572. The highest BCUT2D eigenvalue weighted by molar-refractivity contribution is 7.89. The molecule has 0 saturated carbocycles. The van der Waals surface area contributed by atoms with Crippen molar-refractivity contribution in [3.63, 3.8) is 0 Å². The van der Waals surface area contributed by atoms with Crippen LogP contribution in [0.3, 0.4) is 0 Å². The Bertz CT molecular complexity index is 527. The van der Waals surface area contributed by atoms with Crippen LogP contribution in [0, 0.1) is 6.92 Å². The first-order chi connectivity index (χ1) is 9.36. The van der Waals surface area contributed by atoms with Gasteiger partial charge in [-0.25, -0.2) is 13.1 Å². The second-order valence-corrected chi connectivity index (χ2v) is 7.10. The van der Waals surface area contributed by atoms with Crippen LogP contribution < -0.4 is 10.5 Å². The van der Waals surface area contributed by atoms with Crippen LogP contribution >= 0.6 is 0 Å². The van der Waals surface area contributed by atoms with Crippen LogP contribution in [0.2, 0.25) is 0 Å². The van der Waals surface area contributed by atoms with Gasteiger partial charge in [-0.1, -0.05) is 38.7 Å². The maximum Gasteiger partial charge on any atom is 0.242 e. The van der Waals surface area contributed by atoms with Gasteiger partial charge in [0.25, 0.3) is 0 Å². The van der Waals surface area contributed by atoms with Crippen LogP contribution in [0.15, 0.2) is 23.1 Å². The third-order valence-corrected chi connectivity index (χ3v) is 4.97. The summed E-state index contributed by atoms with van der Waals surface area (Å²) in [5.74, 6) is 0. The third kappa shape index (κ3) is 5.13. The first kappa shape index (κ1) is 17.0. The molecule has 5 heteroatoms. The van der Waals surface area contributed by atoms with Gasteiger partial charge in [0.05, 0.1) is 5.69 Å². The van der Waals surface area contributed by atoms with Crippen LogP contribution in [0.4, 0.5) is 5.69 Å². The lowest BCUT2D eigenvalue weighted by Gasteiger charge is -2.15. The average Bonchev–Trinajstić information content (AvgIpc) is 2.33. The predicted molar refractivity (Wildman–Crippen MR) is 84.1 cm³/mol. The third-order valence-electron chi connectivity index (χ3n) is 3.30. The Morgan fingerprint density at radius 2 is 1.95 bits per heavy atom. The molecule has 4 nitrogen and oxygen atoms in total. The van der Waals surface area contributed by atoms with Gasteiger partial charge in [-0.3, -0.25) is 0 Å². The number of aryl methyl sites for hydroxylation is 1. The van der Waals surface area contributed by atoms with Gasteiger partial charge in [-0.15, -0.1) is 0 Å². The Labute approximate surface area is 122 Å². The van der Waals surface area contributed by atoms with E-state index in [1.54, 1.807) is 18.2 Å². The monoisotopic (exact) mass is 298 g/mol. The molecule has 1 aromatic carbocycles. The Morgan fingerprint density at radius 3 is 2.55 bits per heavy atom. The van der Waals surface area contributed by atoms with Gasteiger partial charge in [0, 0.05) is 6.04 Å². The van der Waals surface area contributed by atoms with Gasteiger partial charge in [-0.2, -0.15) is 0 Å². The van der Waals surface area contributed by atoms with E-state index in [1.807, 2.05) is 13.8 Å². The SMILES string of the molecule is CCCCCCC(C)NS(=O)(=O)c1ccc(C)cc1N. The molecule has 20 heavy (non-hydrogen) atoms. The molecule has 1 unspecified atom stereocenters. The number of nitrogens with one attached hydrogen (secondary N) is 1. The standard InChI is InChI=1S/C15H26N2O2S/c1-4-5-6-7-8-13(3)17-20(18,19)15-10-9-12(2)11-14(15)16/h9-11,13,17H,4-8,16H2,1-3H3. The Morgan fingerprint density at radius 1 is 1.25 bits per heavy atom. The molecule has 0 heterocycles. The van der Waals surface area contributed by atoms with Crippen LogP contribution in [0.1, 0.15) is 51.5 Å². The highest BCUT2D eigenvalue weighted by Crippen LogP contribution is 2.20. The maximum absolute atomic E-state index is 12.3. The molecular formula is C15H26N2O2S. The average molecular weight is 298 g/mol. The van der Waals surface area contributed by atoms with Gasteiger partial charge in [-0.05, 0) is 38.0 Å². The Kier molecular flexibility index (Phi) is 6.49. The molecule has 114 valence electrons. The van der Waals surface area contributed by atoms with Crippen molar-refractivity contribution in [2.75, 3.05) is 5.73 Å². The fourth-order valence-corrected chi connectivity index (χ4v) is 3.57. The molecule has 1 rings (SSSR count). The number of nitrogen functional groups attached to an aromatic ring is 1. The van der Waals surface area contributed by atoms with Crippen LogP contribution in [-0.2, 0) is 10.0 Å². The van der Waals surface area contributed by atoms with Crippen molar-refractivity contribution in [1.29, 1.82) is 0 Å². The van der Waals surface area contributed by atoms with E-state index in [-0.39, 0.29) is 10.9 Å². The van der Waals surface area contributed by atoms with E-state index >= 15 is 0 Å². The van der Waals surface area contributed by atoms with Crippen LogP contribution in [-0.4, -0.2) is 14.5 Å². The topological polar surface area (TPSA) is 72.2 Å². The summed E-state index contributed by atoms with van der Waals surface area (Å²) < 4.78 is 27.2. The largest absolute Gasteiger partial charge is 0.398 e. The van der Waals surface area contributed by atoms with Gasteiger partial charge in [0.2, 0.25) is 10.0 Å². The fourth-order valence-electron chi connectivity index (χ4n) is 2.18. The number of rotatable bonds is 8. The minimum Gasteiger partial charge on any atom is -0.398 e. The van der Waals surface area contributed by atoms with Crippen LogP contribution in [0.25, 0.3) is 0 Å². The Balaban J connectivity index is 2.65. The lowest BCUT2D eigenvalue weighted by atomic mass is 10.1. The van der Waals surface area contributed by atoms with Crippen molar-refractivity contribution < 1.29 is 8.42 Å². The van der Waals surface area contributed by atoms with E-state index in [4.69, 9.17) is 5.73 Å². The summed E-state index contributed by atoms with van der Waals surface area (Å²) in [6.07, 6.45) is 5.42. The minimum absolute atomic E-state index is 0.0717. The number of unbranched alkanes of at least 4 members (excludes halogenated alkanes) is 3. The van der Waals surface area contributed by atoms with E-state index in [0.717, 1.165) is 24.8 Å². The first-order valence-corrected chi connectivity index (χ1v) is 8.73. The number of anilines is 1. The van der Waals surface area contributed by atoms with Crippen molar-refractivity contribution in [1.82, 2.24) is 4.72 Å². The van der Waals surface area contributed by atoms with Gasteiger partial charge in [0.15, 0.2) is 0 Å². The smallest absolute Gasteiger partial charge is 0.242 e. The Hall–Kier alpha value is -1.07. The number of benzene rings is 1. The summed E-state index contributed by atoms with van der Waals surface area (Å²) in [6.45, 7) is 5.94. The van der Waals surface area contributed by atoms with Crippen LogP contribution in [0.5, 0.6) is 0 Å². The highest BCUT2D eigenvalue weighted by Gasteiger charge is 2.19. The van der Waals surface area contributed by atoms with E-state index in [1.165, 1.54) is 12.8 Å². The molecule has 1 atom stereocenters. The van der Waals surface area contributed by atoms with E-state index in [9.17, 15) is 8.42 Å². The summed E-state index contributed by atoms with van der Waals surface area (Å²) in [6, 6.07) is 4.94. The first-order valence-electron chi connectivity index (χ1n) is 7.25. The van der Waals surface area contributed by atoms with Crippen molar-refractivity contribution >= 4 is 15.7 Å².